The number of aromatic nitrogens is 2. The number of carbonyl (C=O) groups is 4. The Balaban J connectivity index is 1.45. The molecule has 0 spiro atoms. The monoisotopic (exact) mass is 389 g/mol. The van der Waals surface area contributed by atoms with Crippen LogP contribution in [0.3, 0.4) is 0 Å². The lowest BCUT2D eigenvalue weighted by Gasteiger charge is -2.19. The molecule has 152 valence electrons. The highest BCUT2D eigenvalue weighted by atomic mass is 16.2. The number of hydrogen-bond donors (Lipinski definition) is 2. The normalized spacial score (nSPS) is 21.6. The van der Waals surface area contributed by atoms with Gasteiger partial charge in [-0.3, -0.25) is 28.8 Å². The van der Waals surface area contributed by atoms with Crippen molar-refractivity contribution in [3.05, 3.63) is 11.4 Å². The van der Waals surface area contributed by atoms with Crippen molar-refractivity contribution in [1.29, 1.82) is 0 Å². The molecule has 1 aliphatic heterocycles. The number of fused-ring (bicyclic) bond motifs is 1. The summed E-state index contributed by atoms with van der Waals surface area (Å²) in [6.45, 7) is 3.53. The molecule has 2 fully saturated rings. The molecule has 1 aromatic rings. The summed E-state index contributed by atoms with van der Waals surface area (Å²) in [5, 5.41) is 9.50. The molecule has 0 unspecified atom stereocenters. The molecular formula is C19H27N5O4. The minimum Gasteiger partial charge on any atom is -0.347 e. The van der Waals surface area contributed by atoms with Crippen LogP contribution >= 0.6 is 0 Å². The van der Waals surface area contributed by atoms with E-state index in [1.165, 1.54) is 4.90 Å². The van der Waals surface area contributed by atoms with Gasteiger partial charge in [-0.15, -0.1) is 0 Å². The summed E-state index contributed by atoms with van der Waals surface area (Å²) in [6, 6.07) is 0. The summed E-state index contributed by atoms with van der Waals surface area (Å²) >= 11 is 0. The first-order chi connectivity index (χ1) is 13.3. The largest absolute Gasteiger partial charge is 0.347 e. The lowest BCUT2D eigenvalue weighted by Crippen LogP contribution is -2.37. The van der Waals surface area contributed by atoms with Crippen molar-refractivity contribution in [2.45, 2.75) is 46.0 Å². The minimum absolute atomic E-state index is 0.00481. The molecule has 0 bridgehead atoms. The second-order valence-corrected chi connectivity index (χ2v) is 7.57. The highest BCUT2D eigenvalue weighted by Crippen LogP contribution is 2.37. The van der Waals surface area contributed by atoms with Crippen LogP contribution in [0.4, 0.5) is 5.69 Å². The molecule has 1 aromatic heterocycles. The van der Waals surface area contributed by atoms with Crippen LogP contribution < -0.4 is 10.6 Å². The number of carbonyl (C=O) groups excluding carboxylic acids is 4. The number of likely N-dealkylation sites (tertiary alicyclic amines) is 1. The Labute approximate surface area is 163 Å². The fourth-order valence-corrected chi connectivity index (χ4v) is 4.07. The Kier molecular flexibility index (Phi) is 5.81. The minimum atomic E-state index is -0.370. The number of amides is 4. The average Bonchev–Trinajstić information content (AvgIpc) is 3.06. The summed E-state index contributed by atoms with van der Waals surface area (Å²) in [7, 11) is 1.79. The number of imide groups is 1. The second kappa shape index (κ2) is 8.12. The number of hydrogen-bond acceptors (Lipinski definition) is 5. The number of nitrogens with zero attached hydrogens (tertiary/aromatic N) is 3. The molecular weight excluding hydrogens is 362 g/mol. The van der Waals surface area contributed by atoms with E-state index < -0.39 is 0 Å². The van der Waals surface area contributed by atoms with Gasteiger partial charge in [0.1, 0.15) is 0 Å². The topological polar surface area (TPSA) is 113 Å². The van der Waals surface area contributed by atoms with Gasteiger partial charge in [0, 0.05) is 20.0 Å². The zero-order chi connectivity index (χ0) is 20.4. The Morgan fingerprint density at radius 2 is 1.68 bits per heavy atom. The van der Waals surface area contributed by atoms with Crippen LogP contribution in [-0.4, -0.2) is 51.4 Å². The van der Waals surface area contributed by atoms with Crippen LogP contribution in [0.15, 0.2) is 0 Å². The summed E-state index contributed by atoms with van der Waals surface area (Å²) in [5.41, 5.74) is 2.16. The SMILES string of the molecule is Cc1nn(C)c(C)c1NC(=O)CNC(=O)CCN1C(=O)[C@@H]2CCCC[C@H]2C1=O. The molecule has 1 saturated heterocycles. The third-order valence-electron chi connectivity index (χ3n) is 5.71. The number of nitrogens with one attached hydrogen (secondary N) is 2. The van der Waals surface area contributed by atoms with Crippen LogP contribution in [0.5, 0.6) is 0 Å². The van der Waals surface area contributed by atoms with Crippen molar-refractivity contribution in [2.24, 2.45) is 18.9 Å². The summed E-state index contributed by atoms with van der Waals surface area (Å²) in [6.07, 6.45) is 3.45. The van der Waals surface area contributed by atoms with Crippen molar-refractivity contribution in [3.8, 4) is 0 Å². The van der Waals surface area contributed by atoms with Crippen molar-refractivity contribution in [2.75, 3.05) is 18.4 Å². The van der Waals surface area contributed by atoms with E-state index >= 15 is 0 Å². The Hall–Kier alpha value is -2.71. The predicted molar refractivity (Wildman–Crippen MR) is 101 cm³/mol. The standard InChI is InChI=1S/C19H27N5O4/c1-11-17(12(2)23(3)22-11)21-16(26)10-20-15(25)8-9-24-18(27)13-6-4-5-7-14(13)19(24)28/h13-14H,4-10H2,1-3H3,(H,20,25)(H,21,26)/t13-,14-/m1/s1. The van der Waals surface area contributed by atoms with Crippen LogP contribution in [0.25, 0.3) is 0 Å². The summed E-state index contributed by atoms with van der Waals surface area (Å²) in [4.78, 5) is 50.2. The van der Waals surface area contributed by atoms with Gasteiger partial charge in [-0.1, -0.05) is 12.8 Å². The van der Waals surface area contributed by atoms with Gasteiger partial charge in [-0.25, -0.2) is 0 Å². The van der Waals surface area contributed by atoms with E-state index in [4.69, 9.17) is 0 Å². The van der Waals surface area contributed by atoms with E-state index in [-0.39, 0.29) is 55.0 Å². The van der Waals surface area contributed by atoms with Gasteiger partial charge < -0.3 is 10.6 Å². The maximum Gasteiger partial charge on any atom is 0.243 e. The zero-order valence-corrected chi connectivity index (χ0v) is 16.6. The van der Waals surface area contributed by atoms with Gasteiger partial charge in [0.2, 0.25) is 23.6 Å². The van der Waals surface area contributed by atoms with E-state index in [0.29, 0.717) is 11.4 Å². The smallest absolute Gasteiger partial charge is 0.243 e. The third kappa shape index (κ3) is 3.93. The van der Waals surface area contributed by atoms with Gasteiger partial charge in [-0.2, -0.15) is 5.10 Å². The fourth-order valence-electron chi connectivity index (χ4n) is 4.07. The molecule has 9 nitrogen and oxygen atoms in total. The molecule has 0 radical (unpaired) electrons. The van der Waals surface area contributed by atoms with Gasteiger partial charge in [0.05, 0.1) is 35.5 Å². The van der Waals surface area contributed by atoms with Crippen molar-refractivity contribution >= 4 is 29.3 Å². The van der Waals surface area contributed by atoms with Crippen LogP contribution in [0.1, 0.15) is 43.5 Å². The zero-order valence-electron chi connectivity index (χ0n) is 16.6. The quantitative estimate of drug-likeness (QED) is 0.694. The molecule has 4 amide bonds. The number of rotatable bonds is 6. The Morgan fingerprint density at radius 1 is 1.07 bits per heavy atom. The van der Waals surface area contributed by atoms with Crippen LogP contribution in [-0.2, 0) is 26.2 Å². The molecule has 3 rings (SSSR count). The Bertz CT molecular complexity index is 791. The van der Waals surface area contributed by atoms with E-state index in [9.17, 15) is 19.2 Å². The number of anilines is 1. The fraction of sp³-hybridized carbons (Fsp3) is 0.632. The Morgan fingerprint density at radius 3 is 2.21 bits per heavy atom. The van der Waals surface area contributed by atoms with E-state index in [2.05, 4.69) is 15.7 Å². The van der Waals surface area contributed by atoms with Gasteiger partial charge >= 0.3 is 0 Å². The maximum atomic E-state index is 12.4. The van der Waals surface area contributed by atoms with Gasteiger partial charge in [-0.05, 0) is 26.7 Å². The lowest BCUT2D eigenvalue weighted by atomic mass is 9.81. The molecule has 1 saturated carbocycles. The highest BCUT2D eigenvalue weighted by Gasteiger charge is 2.47. The maximum absolute atomic E-state index is 12.4. The molecule has 28 heavy (non-hydrogen) atoms. The van der Waals surface area contributed by atoms with Gasteiger partial charge in [0.25, 0.3) is 0 Å². The first-order valence-corrected chi connectivity index (χ1v) is 9.71. The summed E-state index contributed by atoms with van der Waals surface area (Å²) in [5.74, 6) is -1.44. The van der Waals surface area contributed by atoms with Crippen molar-refractivity contribution in [3.63, 3.8) is 0 Å². The molecule has 2 heterocycles. The summed E-state index contributed by atoms with van der Waals surface area (Å²) < 4.78 is 1.67. The van der Waals surface area contributed by atoms with Crippen LogP contribution in [0, 0.1) is 25.7 Å². The lowest BCUT2D eigenvalue weighted by molar-refractivity contribution is -0.140. The van der Waals surface area contributed by atoms with E-state index in [1.807, 2.05) is 6.92 Å². The average molecular weight is 389 g/mol. The van der Waals surface area contributed by atoms with E-state index in [0.717, 1.165) is 31.4 Å². The highest BCUT2D eigenvalue weighted by molar-refractivity contribution is 6.05. The molecule has 1 aliphatic carbocycles. The van der Waals surface area contributed by atoms with E-state index in [1.54, 1.807) is 18.7 Å². The molecule has 0 aromatic carbocycles. The molecule has 9 heteroatoms. The molecule has 2 atom stereocenters. The van der Waals surface area contributed by atoms with Gasteiger partial charge in [0.15, 0.2) is 0 Å². The van der Waals surface area contributed by atoms with Crippen LogP contribution in [0.2, 0.25) is 0 Å². The molecule has 2 aliphatic rings. The van der Waals surface area contributed by atoms with Crippen molar-refractivity contribution < 1.29 is 19.2 Å². The first-order valence-electron chi connectivity index (χ1n) is 9.71. The molecule has 2 N–H and O–H groups in total. The predicted octanol–water partition coefficient (Wildman–Crippen LogP) is 0.657. The number of aryl methyl sites for hydroxylation is 2. The third-order valence-corrected chi connectivity index (χ3v) is 5.71. The first kappa shape index (κ1) is 20.0. The van der Waals surface area contributed by atoms with Crippen molar-refractivity contribution in [1.82, 2.24) is 20.0 Å². The second-order valence-electron chi connectivity index (χ2n) is 7.57.